The third-order valence-electron chi connectivity index (χ3n) is 4.51. The number of piperidine rings is 1. The van der Waals surface area contributed by atoms with Crippen LogP contribution in [0.1, 0.15) is 42.6 Å². The van der Waals surface area contributed by atoms with E-state index in [2.05, 4.69) is 21.2 Å². The third kappa shape index (κ3) is 3.20. The standard InChI is InChI=1S/C17H21N5O/c1-2-22-16(19-20-17(22)23)15-8-5-9-21(12-15)11-14-7-4-3-6-13(14)10-18/h3-4,6-7,15H,2,5,8-9,11-12H2,1H3,(H,20,23). The van der Waals surface area contributed by atoms with Crippen LogP contribution in [0.4, 0.5) is 0 Å². The number of H-pyrrole nitrogens is 1. The molecule has 0 spiro atoms. The molecule has 120 valence electrons. The molecule has 0 aliphatic carbocycles. The normalized spacial score (nSPS) is 18.7. The lowest BCUT2D eigenvalue weighted by molar-refractivity contribution is 0.194. The van der Waals surface area contributed by atoms with E-state index in [0.717, 1.165) is 49.4 Å². The van der Waals surface area contributed by atoms with E-state index >= 15 is 0 Å². The Hall–Kier alpha value is -2.39. The topological polar surface area (TPSA) is 77.7 Å². The summed E-state index contributed by atoms with van der Waals surface area (Å²) in [6.07, 6.45) is 2.12. The molecule has 1 atom stereocenters. The van der Waals surface area contributed by atoms with E-state index in [4.69, 9.17) is 0 Å². The smallest absolute Gasteiger partial charge is 0.298 e. The Morgan fingerprint density at radius 1 is 1.43 bits per heavy atom. The van der Waals surface area contributed by atoms with Crippen molar-refractivity contribution in [3.05, 3.63) is 51.7 Å². The Bertz CT molecular complexity index is 770. The molecule has 1 aromatic heterocycles. The first-order valence-corrected chi connectivity index (χ1v) is 8.08. The molecule has 1 fully saturated rings. The predicted octanol–water partition coefficient (Wildman–Crippen LogP) is 1.84. The quantitative estimate of drug-likeness (QED) is 0.934. The summed E-state index contributed by atoms with van der Waals surface area (Å²) in [6, 6.07) is 10.00. The molecule has 1 aliphatic heterocycles. The van der Waals surface area contributed by atoms with Crippen LogP contribution in [0.15, 0.2) is 29.1 Å². The van der Waals surface area contributed by atoms with Crippen LogP contribution in [0, 0.1) is 11.3 Å². The van der Waals surface area contributed by atoms with Crippen molar-refractivity contribution in [2.75, 3.05) is 13.1 Å². The molecular formula is C17H21N5O. The van der Waals surface area contributed by atoms with Crippen molar-refractivity contribution in [2.24, 2.45) is 0 Å². The van der Waals surface area contributed by atoms with Crippen LogP contribution in [0.5, 0.6) is 0 Å². The highest BCUT2D eigenvalue weighted by Gasteiger charge is 2.26. The molecule has 0 radical (unpaired) electrons. The molecule has 1 N–H and O–H groups in total. The minimum absolute atomic E-state index is 0.130. The number of hydrogen-bond acceptors (Lipinski definition) is 4. The van der Waals surface area contributed by atoms with Crippen LogP contribution < -0.4 is 5.69 Å². The third-order valence-corrected chi connectivity index (χ3v) is 4.51. The molecule has 1 saturated heterocycles. The summed E-state index contributed by atoms with van der Waals surface area (Å²) in [5, 5.41) is 16.0. The highest BCUT2D eigenvalue weighted by Crippen LogP contribution is 2.26. The molecule has 1 aliphatic rings. The molecule has 0 saturated carbocycles. The zero-order valence-electron chi connectivity index (χ0n) is 13.3. The van der Waals surface area contributed by atoms with Gasteiger partial charge in [-0.05, 0) is 37.9 Å². The number of likely N-dealkylation sites (tertiary alicyclic amines) is 1. The van der Waals surface area contributed by atoms with Gasteiger partial charge >= 0.3 is 5.69 Å². The van der Waals surface area contributed by atoms with E-state index < -0.39 is 0 Å². The van der Waals surface area contributed by atoms with Gasteiger partial charge in [0.05, 0.1) is 11.6 Å². The maximum absolute atomic E-state index is 11.8. The van der Waals surface area contributed by atoms with Crippen molar-refractivity contribution in [3.8, 4) is 6.07 Å². The molecule has 6 heteroatoms. The second-order valence-electron chi connectivity index (χ2n) is 5.97. The van der Waals surface area contributed by atoms with Crippen molar-refractivity contribution < 1.29 is 0 Å². The summed E-state index contributed by atoms with van der Waals surface area (Å²) in [6.45, 7) is 5.24. The number of nitrogens with zero attached hydrogens (tertiary/aromatic N) is 4. The van der Waals surface area contributed by atoms with Gasteiger partial charge in [0.1, 0.15) is 5.82 Å². The molecule has 23 heavy (non-hydrogen) atoms. The van der Waals surface area contributed by atoms with Crippen LogP contribution in [-0.2, 0) is 13.1 Å². The molecule has 1 aromatic carbocycles. The molecule has 2 aromatic rings. The van der Waals surface area contributed by atoms with Gasteiger partial charge in [-0.25, -0.2) is 9.89 Å². The molecule has 6 nitrogen and oxygen atoms in total. The van der Waals surface area contributed by atoms with E-state index in [1.807, 2.05) is 31.2 Å². The predicted molar refractivity (Wildman–Crippen MR) is 86.9 cm³/mol. The minimum atomic E-state index is -0.130. The summed E-state index contributed by atoms with van der Waals surface area (Å²) < 4.78 is 1.72. The number of hydrogen-bond donors (Lipinski definition) is 1. The van der Waals surface area contributed by atoms with Crippen LogP contribution >= 0.6 is 0 Å². The summed E-state index contributed by atoms with van der Waals surface area (Å²) in [7, 11) is 0. The summed E-state index contributed by atoms with van der Waals surface area (Å²) in [4.78, 5) is 14.1. The first-order chi connectivity index (χ1) is 11.2. The van der Waals surface area contributed by atoms with Crippen LogP contribution in [0.25, 0.3) is 0 Å². The average molecular weight is 311 g/mol. The Balaban J connectivity index is 1.76. The average Bonchev–Trinajstić information content (AvgIpc) is 2.96. The Morgan fingerprint density at radius 3 is 3.04 bits per heavy atom. The van der Waals surface area contributed by atoms with Crippen molar-refractivity contribution >= 4 is 0 Å². The lowest BCUT2D eigenvalue weighted by atomic mass is 9.96. The van der Waals surface area contributed by atoms with E-state index in [-0.39, 0.29) is 11.6 Å². The van der Waals surface area contributed by atoms with Gasteiger partial charge in [-0.2, -0.15) is 10.4 Å². The number of nitriles is 1. The van der Waals surface area contributed by atoms with Crippen LogP contribution in [0.3, 0.4) is 0 Å². The van der Waals surface area contributed by atoms with E-state index in [0.29, 0.717) is 6.54 Å². The number of aromatic amines is 1. The fraction of sp³-hybridized carbons (Fsp3) is 0.471. The number of rotatable bonds is 4. The second kappa shape index (κ2) is 6.80. The van der Waals surface area contributed by atoms with E-state index in [9.17, 15) is 10.1 Å². The van der Waals surface area contributed by atoms with E-state index in [1.165, 1.54) is 0 Å². The molecule has 3 rings (SSSR count). The maximum atomic E-state index is 11.8. The van der Waals surface area contributed by atoms with Crippen molar-refractivity contribution in [3.63, 3.8) is 0 Å². The van der Waals surface area contributed by atoms with Crippen molar-refractivity contribution in [1.82, 2.24) is 19.7 Å². The first-order valence-electron chi connectivity index (χ1n) is 8.08. The lowest BCUT2D eigenvalue weighted by Crippen LogP contribution is -2.35. The number of benzene rings is 1. The Morgan fingerprint density at radius 2 is 2.26 bits per heavy atom. The first kappa shape index (κ1) is 15.5. The van der Waals surface area contributed by atoms with Gasteiger partial charge in [-0.1, -0.05) is 18.2 Å². The maximum Gasteiger partial charge on any atom is 0.343 e. The van der Waals surface area contributed by atoms with Gasteiger partial charge in [-0.15, -0.1) is 0 Å². The number of aromatic nitrogens is 3. The van der Waals surface area contributed by atoms with Gasteiger partial charge in [0.15, 0.2) is 0 Å². The SMILES string of the molecule is CCn1c(C2CCCN(Cc3ccccc3C#N)C2)n[nH]c1=O. The van der Waals surface area contributed by atoms with E-state index in [1.54, 1.807) is 4.57 Å². The minimum Gasteiger partial charge on any atom is -0.298 e. The fourth-order valence-electron chi connectivity index (χ4n) is 3.37. The molecule has 2 heterocycles. The molecule has 0 amide bonds. The molecule has 0 bridgehead atoms. The summed E-state index contributed by atoms with van der Waals surface area (Å²) in [5.41, 5.74) is 1.67. The van der Waals surface area contributed by atoms with Crippen molar-refractivity contribution in [2.45, 2.75) is 38.8 Å². The monoisotopic (exact) mass is 311 g/mol. The highest BCUT2D eigenvalue weighted by atomic mass is 16.1. The fourth-order valence-corrected chi connectivity index (χ4v) is 3.37. The Kier molecular flexibility index (Phi) is 4.58. The van der Waals surface area contributed by atoms with Gasteiger partial charge in [0, 0.05) is 25.6 Å². The second-order valence-corrected chi connectivity index (χ2v) is 5.97. The highest BCUT2D eigenvalue weighted by molar-refractivity contribution is 5.37. The largest absolute Gasteiger partial charge is 0.343 e. The van der Waals surface area contributed by atoms with Gasteiger partial charge < -0.3 is 0 Å². The zero-order valence-corrected chi connectivity index (χ0v) is 13.3. The van der Waals surface area contributed by atoms with Gasteiger partial charge in [-0.3, -0.25) is 9.47 Å². The summed E-state index contributed by atoms with van der Waals surface area (Å²) >= 11 is 0. The van der Waals surface area contributed by atoms with Gasteiger partial charge in [0.25, 0.3) is 0 Å². The Labute approximate surface area is 135 Å². The number of nitrogens with one attached hydrogen (secondary N) is 1. The van der Waals surface area contributed by atoms with Gasteiger partial charge in [0.2, 0.25) is 0 Å². The zero-order chi connectivity index (χ0) is 16.2. The lowest BCUT2D eigenvalue weighted by Gasteiger charge is -2.32. The van der Waals surface area contributed by atoms with Crippen LogP contribution in [-0.4, -0.2) is 32.8 Å². The van der Waals surface area contributed by atoms with Crippen LogP contribution in [0.2, 0.25) is 0 Å². The molecular weight excluding hydrogens is 290 g/mol. The summed E-state index contributed by atoms with van der Waals surface area (Å²) in [5.74, 6) is 1.12. The molecule has 1 unspecified atom stereocenters. The van der Waals surface area contributed by atoms with Crippen molar-refractivity contribution in [1.29, 1.82) is 5.26 Å².